The zero-order valence-corrected chi connectivity index (χ0v) is 11.3. The number of halogens is 1. The zero-order valence-electron chi connectivity index (χ0n) is 9.68. The molecule has 0 saturated heterocycles. The molecule has 4 heteroatoms. The van der Waals surface area contributed by atoms with Crippen molar-refractivity contribution in [1.82, 2.24) is 4.98 Å². The number of thiazole rings is 1. The standard InChI is InChI=1S/C14H10ClNOS/c1-17-11-4-2-3-9(7-11)14-16-12-8-10(15)5-6-13(12)18-14/h2-8H,1H3. The fourth-order valence-corrected chi connectivity index (χ4v) is 2.89. The fourth-order valence-electron chi connectivity index (χ4n) is 1.78. The number of rotatable bonds is 2. The first-order chi connectivity index (χ1) is 8.76. The Morgan fingerprint density at radius 3 is 2.89 bits per heavy atom. The van der Waals surface area contributed by atoms with Crippen LogP contribution in [0.3, 0.4) is 0 Å². The highest BCUT2D eigenvalue weighted by molar-refractivity contribution is 7.21. The van der Waals surface area contributed by atoms with Crippen LogP contribution in [0.2, 0.25) is 5.02 Å². The maximum atomic E-state index is 5.97. The molecule has 0 saturated carbocycles. The van der Waals surface area contributed by atoms with Gasteiger partial charge in [-0.05, 0) is 30.3 Å². The maximum absolute atomic E-state index is 5.97. The molecule has 0 radical (unpaired) electrons. The van der Waals surface area contributed by atoms with E-state index in [2.05, 4.69) is 4.98 Å². The van der Waals surface area contributed by atoms with Gasteiger partial charge in [-0.1, -0.05) is 23.7 Å². The molecule has 1 aromatic heterocycles. The van der Waals surface area contributed by atoms with Crippen LogP contribution in [-0.2, 0) is 0 Å². The van der Waals surface area contributed by atoms with Crippen LogP contribution in [0.5, 0.6) is 5.75 Å². The summed E-state index contributed by atoms with van der Waals surface area (Å²) < 4.78 is 6.36. The number of hydrogen-bond acceptors (Lipinski definition) is 3. The molecule has 3 rings (SSSR count). The minimum atomic E-state index is 0.713. The Morgan fingerprint density at radius 2 is 2.06 bits per heavy atom. The van der Waals surface area contributed by atoms with Crippen molar-refractivity contribution in [1.29, 1.82) is 0 Å². The first-order valence-electron chi connectivity index (χ1n) is 5.47. The van der Waals surface area contributed by atoms with Gasteiger partial charge in [-0.2, -0.15) is 0 Å². The van der Waals surface area contributed by atoms with E-state index in [1.807, 2.05) is 42.5 Å². The number of hydrogen-bond donors (Lipinski definition) is 0. The molecule has 0 amide bonds. The highest BCUT2D eigenvalue weighted by atomic mass is 35.5. The van der Waals surface area contributed by atoms with Crippen LogP contribution < -0.4 is 4.74 Å². The number of methoxy groups -OCH3 is 1. The van der Waals surface area contributed by atoms with Gasteiger partial charge in [0.05, 0.1) is 17.3 Å². The van der Waals surface area contributed by atoms with E-state index in [9.17, 15) is 0 Å². The van der Waals surface area contributed by atoms with Gasteiger partial charge in [-0.25, -0.2) is 4.98 Å². The third-order valence-electron chi connectivity index (χ3n) is 2.67. The summed E-state index contributed by atoms with van der Waals surface area (Å²) >= 11 is 7.62. The van der Waals surface area contributed by atoms with Crippen molar-refractivity contribution >= 4 is 33.2 Å². The van der Waals surface area contributed by atoms with Gasteiger partial charge in [0.25, 0.3) is 0 Å². The Kier molecular flexibility index (Phi) is 2.94. The van der Waals surface area contributed by atoms with Crippen molar-refractivity contribution in [3.8, 4) is 16.3 Å². The second-order valence-electron chi connectivity index (χ2n) is 3.86. The van der Waals surface area contributed by atoms with Crippen molar-refractivity contribution in [2.45, 2.75) is 0 Å². The number of nitrogens with zero attached hydrogens (tertiary/aromatic N) is 1. The molecular weight excluding hydrogens is 266 g/mol. The summed E-state index contributed by atoms with van der Waals surface area (Å²) in [5, 5.41) is 1.69. The topological polar surface area (TPSA) is 22.1 Å². The molecule has 90 valence electrons. The van der Waals surface area contributed by atoms with Crippen molar-refractivity contribution in [3.05, 3.63) is 47.5 Å². The van der Waals surface area contributed by atoms with E-state index in [-0.39, 0.29) is 0 Å². The third-order valence-corrected chi connectivity index (χ3v) is 3.99. The summed E-state index contributed by atoms with van der Waals surface area (Å²) in [5.41, 5.74) is 2.00. The van der Waals surface area contributed by atoms with Gasteiger partial charge in [-0.15, -0.1) is 11.3 Å². The molecule has 0 spiro atoms. The van der Waals surface area contributed by atoms with Gasteiger partial charge in [0, 0.05) is 10.6 Å². The molecule has 1 heterocycles. The first-order valence-corrected chi connectivity index (χ1v) is 6.66. The Bertz CT molecular complexity index is 708. The van der Waals surface area contributed by atoms with E-state index < -0.39 is 0 Å². The number of ether oxygens (including phenoxy) is 1. The fraction of sp³-hybridized carbons (Fsp3) is 0.0714. The monoisotopic (exact) mass is 275 g/mol. The summed E-state index contributed by atoms with van der Waals surface area (Å²) in [6.45, 7) is 0. The summed E-state index contributed by atoms with van der Waals surface area (Å²) in [4.78, 5) is 4.60. The number of benzene rings is 2. The predicted octanol–water partition coefficient (Wildman–Crippen LogP) is 4.63. The minimum Gasteiger partial charge on any atom is -0.497 e. The van der Waals surface area contributed by atoms with Crippen molar-refractivity contribution in [3.63, 3.8) is 0 Å². The summed E-state index contributed by atoms with van der Waals surface area (Å²) in [6.07, 6.45) is 0. The van der Waals surface area contributed by atoms with Crippen molar-refractivity contribution < 1.29 is 4.74 Å². The van der Waals surface area contributed by atoms with Crippen LogP contribution in [0, 0.1) is 0 Å². The largest absolute Gasteiger partial charge is 0.497 e. The lowest BCUT2D eigenvalue weighted by Gasteiger charge is -2.00. The second-order valence-corrected chi connectivity index (χ2v) is 5.33. The van der Waals surface area contributed by atoms with Crippen LogP contribution >= 0.6 is 22.9 Å². The molecule has 0 aliphatic rings. The molecule has 3 aromatic rings. The average Bonchev–Trinajstić information content (AvgIpc) is 2.81. The van der Waals surface area contributed by atoms with Crippen LogP contribution in [0.25, 0.3) is 20.8 Å². The zero-order chi connectivity index (χ0) is 12.5. The second kappa shape index (κ2) is 4.59. The molecule has 0 fully saturated rings. The van der Waals surface area contributed by atoms with Crippen LogP contribution in [-0.4, -0.2) is 12.1 Å². The summed E-state index contributed by atoms with van der Waals surface area (Å²) in [7, 11) is 1.66. The Balaban J connectivity index is 2.13. The summed E-state index contributed by atoms with van der Waals surface area (Å²) in [6, 6.07) is 13.7. The summed E-state index contributed by atoms with van der Waals surface area (Å²) in [5.74, 6) is 0.838. The van der Waals surface area contributed by atoms with Crippen molar-refractivity contribution in [2.24, 2.45) is 0 Å². The first kappa shape index (κ1) is 11.5. The lowest BCUT2D eigenvalue weighted by molar-refractivity contribution is 0.415. The molecule has 2 nitrogen and oxygen atoms in total. The highest BCUT2D eigenvalue weighted by Crippen LogP contribution is 2.32. The van der Waals surface area contributed by atoms with E-state index >= 15 is 0 Å². The Hall–Kier alpha value is -1.58. The molecule has 0 aliphatic heterocycles. The Morgan fingerprint density at radius 1 is 1.17 bits per heavy atom. The lowest BCUT2D eigenvalue weighted by atomic mass is 10.2. The van der Waals surface area contributed by atoms with E-state index in [4.69, 9.17) is 16.3 Å². The van der Waals surface area contributed by atoms with Gasteiger partial charge < -0.3 is 4.74 Å². The highest BCUT2D eigenvalue weighted by Gasteiger charge is 2.07. The molecule has 0 aliphatic carbocycles. The van der Waals surface area contributed by atoms with Crippen LogP contribution in [0.15, 0.2) is 42.5 Å². The third kappa shape index (κ3) is 2.07. The molecule has 0 atom stereocenters. The minimum absolute atomic E-state index is 0.713. The van der Waals surface area contributed by atoms with Gasteiger partial charge in [-0.3, -0.25) is 0 Å². The molecule has 0 unspecified atom stereocenters. The lowest BCUT2D eigenvalue weighted by Crippen LogP contribution is -1.82. The predicted molar refractivity (Wildman–Crippen MR) is 76.6 cm³/mol. The van der Waals surface area contributed by atoms with Crippen LogP contribution in [0.4, 0.5) is 0 Å². The van der Waals surface area contributed by atoms with Crippen LogP contribution in [0.1, 0.15) is 0 Å². The quantitative estimate of drug-likeness (QED) is 0.680. The van der Waals surface area contributed by atoms with E-state index in [1.165, 1.54) is 0 Å². The molecular formula is C14H10ClNOS. The van der Waals surface area contributed by atoms with Crippen molar-refractivity contribution in [2.75, 3.05) is 7.11 Å². The van der Waals surface area contributed by atoms with E-state index in [0.717, 1.165) is 26.5 Å². The maximum Gasteiger partial charge on any atom is 0.124 e. The number of aromatic nitrogens is 1. The van der Waals surface area contributed by atoms with Gasteiger partial charge in [0.15, 0.2) is 0 Å². The van der Waals surface area contributed by atoms with E-state index in [0.29, 0.717) is 5.02 Å². The SMILES string of the molecule is COc1cccc(-c2nc3cc(Cl)ccc3s2)c1. The van der Waals surface area contributed by atoms with E-state index in [1.54, 1.807) is 18.4 Å². The smallest absolute Gasteiger partial charge is 0.124 e. The molecule has 0 bridgehead atoms. The van der Waals surface area contributed by atoms with Gasteiger partial charge in [0.1, 0.15) is 10.8 Å². The molecule has 2 aromatic carbocycles. The normalized spacial score (nSPS) is 10.8. The number of fused-ring (bicyclic) bond motifs is 1. The van der Waals surface area contributed by atoms with Gasteiger partial charge >= 0.3 is 0 Å². The average molecular weight is 276 g/mol. The molecule has 18 heavy (non-hydrogen) atoms. The Labute approximate surface area is 114 Å². The molecule has 0 N–H and O–H groups in total. The van der Waals surface area contributed by atoms with Gasteiger partial charge in [0.2, 0.25) is 0 Å².